The van der Waals surface area contributed by atoms with E-state index in [2.05, 4.69) is 10.2 Å². The third-order valence-electron chi connectivity index (χ3n) is 3.30. The molecule has 5 heteroatoms. The van der Waals surface area contributed by atoms with Crippen LogP contribution in [0.3, 0.4) is 0 Å². The van der Waals surface area contributed by atoms with Crippen molar-refractivity contribution < 1.29 is 14.3 Å². The molecule has 0 saturated carbocycles. The highest BCUT2D eigenvalue weighted by atomic mass is 16.5. The van der Waals surface area contributed by atoms with E-state index in [1.54, 1.807) is 32.4 Å². The molecule has 0 aromatic heterocycles. The monoisotopic (exact) mass is 314 g/mol. The van der Waals surface area contributed by atoms with Gasteiger partial charge in [-0.3, -0.25) is 4.79 Å². The maximum atomic E-state index is 12.5. The first-order valence-corrected chi connectivity index (χ1v) is 7.30. The predicted molar refractivity (Wildman–Crippen MR) is 91.3 cm³/mol. The Hall–Kier alpha value is -2.53. The quantitative estimate of drug-likeness (QED) is 0.890. The lowest BCUT2D eigenvalue weighted by Gasteiger charge is -2.12. The lowest BCUT2D eigenvalue weighted by Crippen LogP contribution is -2.14. The number of hydrogen-bond donors (Lipinski definition) is 1. The van der Waals surface area contributed by atoms with Gasteiger partial charge in [-0.1, -0.05) is 12.1 Å². The Bertz CT molecular complexity index is 661. The van der Waals surface area contributed by atoms with Crippen molar-refractivity contribution in [3.05, 3.63) is 53.6 Å². The van der Waals surface area contributed by atoms with Crippen molar-refractivity contribution in [2.75, 3.05) is 33.6 Å². The van der Waals surface area contributed by atoms with Crippen molar-refractivity contribution in [2.24, 2.45) is 0 Å². The summed E-state index contributed by atoms with van der Waals surface area (Å²) in [6.07, 6.45) is 0. The van der Waals surface area contributed by atoms with E-state index < -0.39 is 0 Å². The minimum absolute atomic E-state index is 0.204. The van der Waals surface area contributed by atoms with E-state index in [0.717, 1.165) is 17.8 Å². The summed E-state index contributed by atoms with van der Waals surface area (Å²) in [6, 6.07) is 12.9. The average Bonchev–Trinajstić information content (AvgIpc) is 2.54. The normalized spacial score (nSPS) is 10.5. The number of benzene rings is 2. The zero-order valence-corrected chi connectivity index (χ0v) is 13.9. The van der Waals surface area contributed by atoms with Crippen LogP contribution in [0.4, 0.5) is 5.69 Å². The topological polar surface area (TPSA) is 50.8 Å². The van der Waals surface area contributed by atoms with Crippen LogP contribution >= 0.6 is 0 Å². The van der Waals surface area contributed by atoms with E-state index >= 15 is 0 Å². The Balaban J connectivity index is 2.18. The summed E-state index contributed by atoms with van der Waals surface area (Å²) in [5.41, 5.74) is 2.38. The molecule has 0 aliphatic carbocycles. The number of methoxy groups -OCH3 is 2. The Morgan fingerprint density at radius 1 is 1.04 bits per heavy atom. The molecule has 0 bridgehead atoms. The molecule has 23 heavy (non-hydrogen) atoms. The molecule has 0 heterocycles. The standard InChI is InChI=1S/C18H22N2O3/c1-20(2)12-13-6-5-7-15(8-13)19-18(21)14-9-16(22-3)11-17(10-14)23-4/h5-11H,12H2,1-4H3,(H,19,21). The third kappa shape index (κ3) is 4.72. The smallest absolute Gasteiger partial charge is 0.255 e. The Morgan fingerprint density at radius 3 is 2.26 bits per heavy atom. The van der Waals surface area contributed by atoms with Crippen LogP contribution in [0.15, 0.2) is 42.5 Å². The summed E-state index contributed by atoms with van der Waals surface area (Å²) in [4.78, 5) is 14.5. The third-order valence-corrected chi connectivity index (χ3v) is 3.30. The van der Waals surface area contributed by atoms with Gasteiger partial charge in [-0.15, -0.1) is 0 Å². The van der Waals surface area contributed by atoms with Gasteiger partial charge in [0.25, 0.3) is 5.91 Å². The fraction of sp³-hybridized carbons (Fsp3) is 0.278. The molecule has 122 valence electrons. The highest BCUT2D eigenvalue weighted by molar-refractivity contribution is 6.04. The maximum absolute atomic E-state index is 12.5. The predicted octanol–water partition coefficient (Wildman–Crippen LogP) is 3.02. The summed E-state index contributed by atoms with van der Waals surface area (Å²) in [7, 11) is 7.13. The van der Waals surface area contributed by atoms with Crippen LogP contribution in [0.5, 0.6) is 11.5 Å². The van der Waals surface area contributed by atoms with Crippen LogP contribution in [-0.4, -0.2) is 39.1 Å². The highest BCUT2D eigenvalue weighted by Crippen LogP contribution is 2.23. The lowest BCUT2D eigenvalue weighted by atomic mass is 10.1. The van der Waals surface area contributed by atoms with Crippen LogP contribution in [0, 0.1) is 0 Å². The van der Waals surface area contributed by atoms with Gasteiger partial charge in [0.05, 0.1) is 14.2 Å². The van der Waals surface area contributed by atoms with Gasteiger partial charge in [0.2, 0.25) is 0 Å². The van der Waals surface area contributed by atoms with E-state index in [0.29, 0.717) is 17.1 Å². The van der Waals surface area contributed by atoms with Gasteiger partial charge < -0.3 is 19.7 Å². The maximum Gasteiger partial charge on any atom is 0.255 e. The van der Waals surface area contributed by atoms with Gasteiger partial charge >= 0.3 is 0 Å². The van der Waals surface area contributed by atoms with Crippen molar-refractivity contribution in [3.63, 3.8) is 0 Å². The van der Waals surface area contributed by atoms with Gasteiger partial charge in [-0.25, -0.2) is 0 Å². The molecule has 2 aromatic carbocycles. The van der Waals surface area contributed by atoms with Gasteiger partial charge in [0.1, 0.15) is 11.5 Å². The molecule has 0 atom stereocenters. The Morgan fingerprint density at radius 2 is 1.70 bits per heavy atom. The number of amides is 1. The van der Waals surface area contributed by atoms with Crippen molar-refractivity contribution in [1.82, 2.24) is 4.90 Å². The molecule has 0 radical (unpaired) electrons. The minimum atomic E-state index is -0.204. The second kappa shape index (κ2) is 7.65. The van der Waals surface area contributed by atoms with E-state index in [1.807, 2.05) is 38.4 Å². The van der Waals surface area contributed by atoms with E-state index in [9.17, 15) is 4.79 Å². The SMILES string of the molecule is COc1cc(OC)cc(C(=O)Nc2cccc(CN(C)C)c2)c1. The zero-order valence-electron chi connectivity index (χ0n) is 13.9. The van der Waals surface area contributed by atoms with E-state index in [-0.39, 0.29) is 5.91 Å². The Kier molecular flexibility index (Phi) is 5.60. The van der Waals surface area contributed by atoms with Gasteiger partial charge in [-0.05, 0) is 43.9 Å². The van der Waals surface area contributed by atoms with Crippen LogP contribution in [0.1, 0.15) is 15.9 Å². The number of rotatable bonds is 6. The van der Waals surface area contributed by atoms with Gasteiger partial charge in [0.15, 0.2) is 0 Å². The summed E-state index contributed by atoms with van der Waals surface area (Å²) in [6.45, 7) is 0.816. The first-order valence-electron chi connectivity index (χ1n) is 7.30. The van der Waals surface area contributed by atoms with Crippen LogP contribution in [-0.2, 0) is 6.54 Å². The molecule has 0 fully saturated rings. The molecular weight excluding hydrogens is 292 g/mol. The van der Waals surface area contributed by atoms with Crippen LogP contribution in [0.2, 0.25) is 0 Å². The number of carbonyl (C=O) groups excluding carboxylic acids is 1. The highest BCUT2D eigenvalue weighted by Gasteiger charge is 2.10. The molecule has 1 amide bonds. The molecular formula is C18H22N2O3. The molecule has 1 N–H and O–H groups in total. The molecule has 5 nitrogen and oxygen atoms in total. The summed E-state index contributed by atoms with van der Waals surface area (Å²) in [5.74, 6) is 0.955. The second-order valence-corrected chi connectivity index (χ2v) is 5.49. The van der Waals surface area contributed by atoms with Crippen molar-refractivity contribution in [3.8, 4) is 11.5 Å². The fourth-order valence-electron chi connectivity index (χ4n) is 2.25. The first kappa shape index (κ1) is 16.8. The number of ether oxygens (including phenoxy) is 2. The zero-order chi connectivity index (χ0) is 16.8. The average molecular weight is 314 g/mol. The molecule has 0 aliphatic heterocycles. The largest absolute Gasteiger partial charge is 0.497 e. The Labute approximate surface area is 136 Å². The van der Waals surface area contributed by atoms with Crippen molar-refractivity contribution in [1.29, 1.82) is 0 Å². The summed E-state index contributed by atoms with van der Waals surface area (Å²) < 4.78 is 10.4. The van der Waals surface area contributed by atoms with E-state index in [4.69, 9.17) is 9.47 Å². The van der Waals surface area contributed by atoms with E-state index in [1.165, 1.54) is 0 Å². The number of anilines is 1. The minimum Gasteiger partial charge on any atom is -0.497 e. The first-order chi connectivity index (χ1) is 11.0. The molecule has 2 aromatic rings. The molecule has 0 unspecified atom stereocenters. The van der Waals surface area contributed by atoms with Crippen molar-refractivity contribution in [2.45, 2.75) is 6.54 Å². The van der Waals surface area contributed by atoms with Crippen LogP contribution in [0.25, 0.3) is 0 Å². The summed E-state index contributed by atoms with van der Waals surface area (Å²) in [5, 5.41) is 2.91. The fourth-order valence-corrected chi connectivity index (χ4v) is 2.25. The van der Waals surface area contributed by atoms with Crippen LogP contribution < -0.4 is 14.8 Å². The second-order valence-electron chi connectivity index (χ2n) is 5.49. The molecule has 2 rings (SSSR count). The number of nitrogens with zero attached hydrogens (tertiary/aromatic N) is 1. The number of carbonyl (C=O) groups is 1. The molecule has 0 saturated heterocycles. The number of hydrogen-bond acceptors (Lipinski definition) is 4. The molecule has 0 spiro atoms. The van der Waals surface area contributed by atoms with Gasteiger partial charge in [0, 0.05) is 23.9 Å². The lowest BCUT2D eigenvalue weighted by molar-refractivity contribution is 0.102. The van der Waals surface area contributed by atoms with Gasteiger partial charge in [-0.2, -0.15) is 0 Å². The summed E-state index contributed by atoms with van der Waals surface area (Å²) >= 11 is 0. The number of nitrogens with one attached hydrogen (secondary N) is 1. The van der Waals surface area contributed by atoms with Crippen molar-refractivity contribution >= 4 is 11.6 Å². The molecule has 0 aliphatic rings.